The van der Waals surface area contributed by atoms with Gasteiger partial charge in [-0.1, -0.05) is 11.6 Å². The van der Waals surface area contributed by atoms with Crippen LogP contribution < -0.4 is 4.74 Å². The van der Waals surface area contributed by atoms with Gasteiger partial charge >= 0.3 is 12.6 Å². The second kappa shape index (κ2) is 6.89. The van der Waals surface area contributed by atoms with Crippen LogP contribution in [-0.2, 0) is 16.0 Å². The lowest BCUT2D eigenvalue weighted by molar-refractivity contribution is -0.142. The molecule has 0 spiro atoms. The number of rotatable bonds is 5. The van der Waals surface area contributed by atoms with Crippen molar-refractivity contribution in [2.24, 2.45) is 0 Å². The lowest BCUT2D eigenvalue weighted by atomic mass is 10.1. The molecular formula is C11H10BrClF2O3. The zero-order chi connectivity index (χ0) is 13.7. The average Bonchev–Trinajstić information content (AvgIpc) is 2.28. The molecule has 1 aromatic carbocycles. The fourth-order valence-electron chi connectivity index (χ4n) is 1.30. The van der Waals surface area contributed by atoms with Crippen LogP contribution in [0.3, 0.4) is 0 Å². The third kappa shape index (κ3) is 4.10. The van der Waals surface area contributed by atoms with E-state index in [0.29, 0.717) is 9.50 Å². The molecule has 0 unspecified atom stereocenters. The zero-order valence-corrected chi connectivity index (χ0v) is 11.7. The highest BCUT2D eigenvalue weighted by atomic mass is 79.9. The third-order valence-corrected chi connectivity index (χ3v) is 3.44. The van der Waals surface area contributed by atoms with E-state index in [1.807, 2.05) is 0 Å². The smallest absolute Gasteiger partial charge is 0.387 e. The average molecular weight is 344 g/mol. The first-order valence-corrected chi connectivity index (χ1v) is 6.20. The maximum absolute atomic E-state index is 12.2. The van der Waals surface area contributed by atoms with Crippen LogP contribution in [0.25, 0.3) is 0 Å². The summed E-state index contributed by atoms with van der Waals surface area (Å²) in [7, 11) is 0. The van der Waals surface area contributed by atoms with E-state index in [-0.39, 0.29) is 24.3 Å². The number of alkyl halides is 2. The van der Waals surface area contributed by atoms with E-state index < -0.39 is 12.6 Å². The van der Waals surface area contributed by atoms with Gasteiger partial charge in [0.2, 0.25) is 0 Å². The third-order valence-electron chi connectivity index (χ3n) is 2.00. The maximum Gasteiger partial charge on any atom is 0.387 e. The largest absolute Gasteiger partial charge is 0.466 e. The second-order valence-electron chi connectivity index (χ2n) is 3.20. The van der Waals surface area contributed by atoms with Crippen molar-refractivity contribution in [1.82, 2.24) is 0 Å². The van der Waals surface area contributed by atoms with E-state index in [1.54, 1.807) is 6.92 Å². The monoisotopic (exact) mass is 342 g/mol. The molecule has 0 atom stereocenters. The minimum atomic E-state index is -2.97. The van der Waals surface area contributed by atoms with E-state index in [4.69, 9.17) is 16.3 Å². The van der Waals surface area contributed by atoms with Crippen LogP contribution in [0, 0.1) is 0 Å². The van der Waals surface area contributed by atoms with Gasteiger partial charge in [0.15, 0.2) is 0 Å². The van der Waals surface area contributed by atoms with Crippen LogP contribution in [0.4, 0.5) is 8.78 Å². The molecule has 0 saturated carbocycles. The summed E-state index contributed by atoms with van der Waals surface area (Å²) < 4.78 is 33.9. The van der Waals surface area contributed by atoms with Gasteiger partial charge in [0.25, 0.3) is 0 Å². The van der Waals surface area contributed by atoms with Crippen molar-refractivity contribution in [1.29, 1.82) is 0 Å². The molecule has 3 nitrogen and oxygen atoms in total. The number of carbonyl (C=O) groups is 1. The van der Waals surface area contributed by atoms with Crippen LogP contribution in [0.2, 0.25) is 5.02 Å². The molecule has 1 aromatic rings. The highest BCUT2D eigenvalue weighted by Gasteiger charge is 2.18. The van der Waals surface area contributed by atoms with E-state index in [9.17, 15) is 13.6 Å². The summed E-state index contributed by atoms with van der Waals surface area (Å²) >= 11 is 8.98. The van der Waals surface area contributed by atoms with E-state index in [1.165, 1.54) is 12.1 Å². The molecule has 0 aliphatic rings. The van der Waals surface area contributed by atoms with Gasteiger partial charge in [0.1, 0.15) is 5.75 Å². The second-order valence-corrected chi connectivity index (χ2v) is 4.40. The number of benzene rings is 1. The van der Waals surface area contributed by atoms with Gasteiger partial charge in [-0.2, -0.15) is 8.78 Å². The summed E-state index contributed by atoms with van der Waals surface area (Å²) in [5.41, 5.74) is 0.237. The summed E-state index contributed by atoms with van der Waals surface area (Å²) in [6.45, 7) is -1.11. The Bertz CT molecular complexity index is 441. The molecule has 18 heavy (non-hydrogen) atoms. The molecule has 0 aromatic heterocycles. The minimum absolute atomic E-state index is 0.102. The highest BCUT2D eigenvalue weighted by Crippen LogP contribution is 2.34. The van der Waals surface area contributed by atoms with Crippen molar-refractivity contribution in [2.75, 3.05) is 6.61 Å². The van der Waals surface area contributed by atoms with Gasteiger partial charge in [-0.05, 0) is 35.0 Å². The Hall–Kier alpha value is -0.880. The predicted molar refractivity (Wildman–Crippen MR) is 66.1 cm³/mol. The first-order valence-electron chi connectivity index (χ1n) is 5.03. The molecule has 0 amide bonds. The molecule has 0 saturated heterocycles. The maximum atomic E-state index is 12.2. The number of hydrogen-bond donors (Lipinski definition) is 0. The molecule has 0 aliphatic carbocycles. The Kier molecular flexibility index (Phi) is 5.81. The fourth-order valence-corrected chi connectivity index (χ4v) is 1.95. The summed E-state index contributed by atoms with van der Waals surface area (Å²) in [5.74, 6) is -0.645. The van der Waals surface area contributed by atoms with Gasteiger partial charge in [-0.3, -0.25) is 4.79 Å². The van der Waals surface area contributed by atoms with Gasteiger partial charge in [0, 0.05) is 10.0 Å². The summed E-state index contributed by atoms with van der Waals surface area (Å²) in [4.78, 5) is 11.4. The summed E-state index contributed by atoms with van der Waals surface area (Å²) in [5, 5.41) is 0.302. The van der Waals surface area contributed by atoms with Gasteiger partial charge in [-0.25, -0.2) is 0 Å². The summed E-state index contributed by atoms with van der Waals surface area (Å²) in [6.07, 6.45) is -0.197. The molecule has 0 heterocycles. The van der Waals surface area contributed by atoms with Gasteiger partial charge in [0.05, 0.1) is 18.1 Å². The van der Waals surface area contributed by atoms with Gasteiger partial charge < -0.3 is 9.47 Å². The Balaban J connectivity index is 3.04. The number of hydrogen-bond acceptors (Lipinski definition) is 3. The summed E-state index contributed by atoms with van der Waals surface area (Å²) in [6, 6.07) is 2.69. The van der Waals surface area contributed by atoms with E-state index in [2.05, 4.69) is 20.7 Å². The number of halogens is 4. The van der Waals surface area contributed by atoms with Crippen LogP contribution >= 0.6 is 27.5 Å². The predicted octanol–water partition coefficient (Wildman–Crippen LogP) is 3.81. The van der Waals surface area contributed by atoms with Crippen molar-refractivity contribution in [3.05, 3.63) is 27.2 Å². The lowest BCUT2D eigenvalue weighted by Crippen LogP contribution is -2.11. The van der Waals surface area contributed by atoms with Crippen molar-refractivity contribution in [3.8, 4) is 5.75 Å². The molecule has 0 fully saturated rings. The minimum Gasteiger partial charge on any atom is -0.466 e. The molecule has 7 heteroatoms. The van der Waals surface area contributed by atoms with Crippen molar-refractivity contribution in [2.45, 2.75) is 20.0 Å². The number of carbonyl (C=O) groups excluding carboxylic acids is 1. The molecule has 1 rings (SSSR count). The quantitative estimate of drug-likeness (QED) is 0.763. The Morgan fingerprint density at radius 2 is 2.17 bits per heavy atom. The normalized spacial score (nSPS) is 10.6. The first kappa shape index (κ1) is 15.2. The van der Waals surface area contributed by atoms with Gasteiger partial charge in [-0.15, -0.1) is 0 Å². The van der Waals surface area contributed by atoms with Crippen LogP contribution in [0.1, 0.15) is 12.5 Å². The van der Waals surface area contributed by atoms with Crippen LogP contribution in [-0.4, -0.2) is 19.2 Å². The highest BCUT2D eigenvalue weighted by molar-refractivity contribution is 9.10. The fraction of sp³-hybridized carbons (Fsp3) is 0.364. The number of esters is 1. The molecule has 0 radical (unpaired) electrons. The van der Waals surface area contributed by atoms with E-state index >= 15 is 0 Å². The van der Waals surface area contributed by atoms with Crippen molar-refractivity contribution >= 4 is 33.5 Å². The molecule has 0 N–H and O–H groups in total. The molecule has 0 bridgehead atoms. The van der Waals surface area contributed by atoms with Crippen molar-refractivity contribution in [3.63, 3.8) is 0 Å². The van der Waals surface area contributed by atoms with Crippen molar-refractivity contribution < 1.29 is 23.0 Å². The molecule has 100 valence electrons. The standard InChI is InChI=1S/C11H10BrClF2O3/c1-2-17-9(16)5-6-8(18-11(14)15)4-3-7(13)10(6)12/h3-4,11H,2,5H2,1H3. The van der Waals surface area contributed by atoms with Crippen LogP contribution in [0.15, 0.2) is 16.6 Å². The Labute approximate surface area is 116 Å². The Morgan fingerprint density at radius 1 is 1.50 bits per heavy atom. The van der Waals surface area contributed by atoms with Crippen LogP contribution in [0.5, 0.6) is 5.75 Å². The Morgan fingerprint density at radius 3 is 2.72 bits per heavy atom. The molecule has 0 aliphatic heterocycles. The zero-order valence-electron chi connectivity index (χ0n) is 9.38. The lowest BCUT2D eigenvalue weighted by Gasteiger charge is -2.13. The SMILES string of the molecule is CCOC(=O)Cc1c(OC(F)F)ccc(Cl)c1Br. The molecular weight excluding hydrogens is 333 g/mol. The van der Waals surface area contributed by atoms with E-state index in [0.717, 1.165) is 0 Å². The number of ether oxygens (including phenoxy) is 2. The topological polar surface area (TPSA) is 35.5 Å². The first-order chi connectivity index (χ1) is 8.45.